The van der Waals surface area contributed by atoms with E-state index in [2.05, 4.69) is 20.4 Å². The van der Waals surface area contributed by atoms with E-state index in [4.69, 9.17) is 0 Å². The van der Waals surface area contributed by atoms with Gasteiger partial charge in [0.15, 0.2) is 5.13 Å². The largest absolute Gasteiger partial charge is 0.435 e. The molecule has 1 heterocycles. The summed E-state index contributed by atoms with van der Waals surface area (Å²) < 4.78 is 55.3. The Morgan fingerprint density at radius 2 is 1.84 bits per heavy atom. The molecule has 32 heavy (non-hydrogen) atoms. The Kier molecular flexibility index (Phi) is 7.41. The van der Waals surface area contributed by atoms with Crippen molar-refractivity contribution < 1.29 is 31.9 Å². The molecule has 0 bridgehead atoms. The molecule has 3 aromatic rings. The number of carbonyl (C=O) groups excluding carboxylic acids is 2. The molecule has 0 saturated heterocycles. The summed E-state index contributed by atoms with van der Waals surface area (Å²) in [6.45, 7) is -1.18. The summed E-state index contributed by atoms with van der Waals surface area (Å²) in [5.41, 5.74) is 0.917. The highest BCUT2D eigenvalue weighted by molar-refractivity contribution is 7.16. The van der Waals surface area contributed by atoms with Gasteiger partial charge >= 0.3 is 6.61 Å². The second kappa shape index (κ2) is 10.2. The number of halogens is 4. The molecule has 2 aromatic carbocycles. The van der Waals surface area contributed by atoms with Gasteiger partial charge < -0.3 is 15.4 Å². The highest BCUT2D eigenvalue weighted by atomic mass is 32.1. The number of anilines is 1. The molecule has 2 N–H and O–H groups in total. The van der Waals surface area contributed by atoms with Gasteiger partial charge in [0.25, 0.3) is 5.91 Å². The third-order valence-electron chi connectivity index (χ3n) is 4.21. The second-order valence-corrected chi connectivity index (χ2v) is 7.71. The average Bonchev–Trinajstić information content (AvgIpc) is 3.07. The van der Waals surface area contributed by atoms with Crippen LogP contribution in [0, 0.1) is 18.6 Å². The number of aromatic nitrogens is 1. The Morgan fingerprint density at radius 3 is 2.50 bits per heavy atom. The molecule has 0 fully saturated rings. The Bertz CT molecular complexity index is 1120. The van der Waals surface area contributed by atoms with Gasteiger partial charge in [-0.2, -0.15) is 8.78 Å². The molecule has 6 nitrogen and oxygen atoms in total. The van der Waals surface area contributed by atoms with Crippen LogP contribution >= 0.6 is 11.3 Å². The van der Waals surface area contributed by atoms with Crippen molar-refractivity contribution in [1.29, 1.82) is 0 Å². The Hall–Kier alpha value is -3.47. The summed E-state index contributed by atoms with van der Waals surface area (Å²) in [4.78, 5) is 29.2. The van der Waals surface area contributed by atoms with Crippen molar-refractivity contribution >= 4 is 28.3 Å². The molecule has 0 radical (unpaired) electrons. The van der Waals surface area contributed by atoms with Crippen molar-refractivity contribution in [2.45, 2.75) is 20.0 Å². The van der Waals surface area contributed by atoms with Gasteiger partial charge in [0.2, 0.25) is 5.91 Å². The van der Waals surface area contributed by atoms with Gasteiger partial charge in [-0.1, -0.05) is 0 Å². The number of hydrogen-bond donors (Lipinski definition) is 2. The van der Waals surface area contributed by atoms with Crippen LogP contribution in [0.4, 0.5) is 22.7 Å². The first kappa shape index (κ1) is 23.2. The predicted octanol–water partition coefficient (Wildman–Crippen LogP) is 4.76. The zero-order valence-corrected chi connectivity index (χ0v) is 17.4. The van der Waals surface area contributed by atoms with Crippen LogP contribution in [0.25, 0.3) is 11.3 Å². The van der Waals surface area contributed by atoms with Gasteiger partial charge in [0.1, 0.15) is 17.4 Å². The maximum absolute atomic E-state index is 13.6. The number of alkyl halides is 2. The molecular formula is C21H17F4N3O3S. The number of nitrogens with zero attached hydrogens (tertiary/aromatic N) is 1. The van der Waals surface area contributed by atoms with E-state index in [0.29, 0.717) is 22.5 Å². The zero-order valence-electron chi connectivity index (χ0n) is 16.6. The molecule has 1 aromatic heterocycles. The molecule has 0 aliphatic rings. The van der Waals surface area contributed by atoms with Crippen LogP contribution in [0.1, 0.15) is 21.7 Å². The first-order valence-corrected chi connectivity index (χ1v) is 10.1. The molecule has 168 valence electrons. The minimum Gasteiger partial charge on any atom is -0.435 e. The lowest BCUT2D eigenvalue weighted by molar-refractivity contribution is -0.116. The lowest BCUT2D eigenvalue weighted by Crippen LogP contribution is -2.28. The fourth-order valence-electron chi connectivity index (χ4n) is 2.75. The van der Waals surface area contributed by atoms with E-state index in [9.17, 15) is 27.2 Å². The van der Waals surface area contributed by atoms with Crippen molar-refractivity contribution in [1.82, 2.24) is 10.3 Å². The van der Waals surface area contributed by atoms with Gasteiger partial charge in [0, 0.05) is 29.5 Å². The molecule has 2 amide bonds. The van der Waals surface area contributed by atoms with Crippen molar-refractivity contribution in [2.75, 3.05) is 11.9 Å². The smallest absolute Gasteiger partial charge is 0.387 e. The third-order valence-corrected chi connectivity index (χ3v) is 5.10. The van der Waals surface area contributed by atoms with Crippen LogP contribution in [-0.4, -0.2) is 30.0 Å². The van der Waals surface area contributed by atoms with Crippen LogP contribution in [0.5, 0.6) is 5.75 Å². The van der Waals surface area contributed by atoms with E-state index >= 15 is 0 Å². The number of hydrogen-bond acceptors (Lipinski definition) is 5. The Balaban J connectivity index is 1.54. The summed E-state index contributed by atoms with van der Waals surface area (Å²) in [7, 11) is 0. The van der Waals surface area contributed by atoms with Crippen LogP contribution in [-0.2, 0) is 4.79 Å². The fourth-order valence-corrected chi connectivity index (χ4v) is 3.60. The summed E-state index contributed by atoms with van der Waals surface area (Å²) in [5, 5.41) is 5.33. The molecular weight excluding hydrogens is 450 g/mol. The average molecular weight is 467 g/mol. The van der Waals surface area contributed by atoms with E-state index in [0.717, 1.165) is 17.0 Å². The number of rotatable bonds is 8. The van der Waals surface area contributed by atoms with E-state index in [1.165, 1.54) is 23.5 Å². The lowest BCUT2D eigenvalue weighted by Gasteiger charge is -2.06. The monoisotopic (exact) mass is 467 g/mol. The number of ether oxygens (including phenoxy) is 1. The number of thiazole rings is 1. The minimum atomic E-state index is -2.91. The number of amides is 2. The summed E-state index contributed by atoms with van der Waals surface area (Å²) >= 11 is 1.23. The van der Waals surface area contributed by atoms with Gasteiger partial charge in [-0.05, 0) is 43.3 Å². The molecule has 0 aliphatic carbocycles. The highest BCUT2D eigenvalue weighted by Crippen LogP contribution is 2.31. The summed E-state index contributed by atoms with van der Waals surface area (Å²) in [6, 6.07) is 8.53. The van der Waals surface area contributed by atoms with Crippen molar-refractivity contribution in [3.8, 4) is 17.0 Å². The maximum atomic E-state index is 13.6. The van der Waals surface area contributed by atoms with Gasteiger partial charge in [-0.3, -0.25) is 9.59 Å². The Morgan fingerprint density at radius 1 is 1.12 bits per heavy atom. The Labute approximate surface area is 184 Å². The third kappa shape index (κ3) is 6.03. The van der Waals surface area contributed by atoms with Crippen molar-refractivity contribution in [3.05, 3.63) is 64.5 Å². The van der Waals surface area contributed by atoms with Crippen LogP contribution in [0.2, 0.25) is 0 Å². The SMILES string of the molecule is Cc1sc(NC(=O)CCNC(=O)c2ccc(F)cc2F)nc1-c1ccc(OC(F)F)cc1. The van der Waals surface area contributed by atoms with E-state index in [1.54, 1.807) is 19.1 Å². The van der Waals surface area contributed by atoms with Crippen LogP contribution < -0.4 is 15.4 Å². The lowest BCUT2D eigenvalue weighted by atomic mass is 10.1. The molecule has 0 saturated carbocycles. The highest BCUT2D eigenvalue weighted by Gasteiger charge is 2.15. The summed E-state index contributed by atoms with van der Waals surface area (Å²) in [6.07, 6.45) is -0.0951. The van der Waals surface area contributed by atoms with Gasteiger partial charge in [-0.15, -0.1) is 11.3 Å². The molecule has 0 spiro atoms. The van der Waals surface area contributed by atoms with E-state index in [-0.39, 0.29) is 24.3 Å². The molecule has 3 rings (SSSR count). The van der Waals surface area contributed by atoms with Crippen LogP contribution in [0.15, 0.2) is 42.5 Å². The standard InChI is InChI=1S/C21H17F4N3O3S/c1-11-18(12-2-5-14(6-3-12)31-20(24)25)28-21(32-11)27-17(29)8-9-26-19(30)15-7-4-13(22)10-16(15)23/h2-7,10,20H,8-9H2,1H3,(H,26,30)(H,27,28,29). The quantitative estimate of drug-likeness (QED) is 0.469. The van der Waals surface area contributed by atoms with Crippen LogP contribution in [0.3, 0.4) is 0 Å². The zero-order chi connectivity index (χ0) is 23.3. The van der Waals surface area contributed by atoms with Gasteiger partial charge in [0.05, 0.1) is 11.3 Å². The first-order valence-electron chi connectivity index (χ1n) is 9.28. The minimum absolute atomic E-state index is 0.0210. The maximum Gasteiger partial charge on any atom is 0.387 e. The van der Waals surface area contributed by atoms with E-state index in [1.807, 2.05) is 0 Å². The molecule has 11 heteroatoms. The number of nitrogens with one attached hydrogen (secondary N) is 2. The molecule has 0 unspecified atom stereocenters. The second-order valence-electron chi connectivity index (χ2n) is 6.50. The topological polar surface area (TPSA) is 80.3 Å². The number of aryl methyl sites for hydroxylation is 1. The summed E-state index contributed by atoms with van der Waals surface area (Å²) in [5.74, 6) is -2.96. The molecule has 0 atom stereocenters. The number of carbonyl (C=O) groups is 2. The van der Waals surface area contributed by atoms with Gasteiger partial charge in [-0.25, -0.2) is 13.8 Å². The van der Waals surface area contributed by atoms with Crippen molar-refractivity contribution in [2.24, 2.45) is 0 Å². The number of benzene rings is 2. The predicted molar refractivity (Wildman–Crippen MR) is 111 cm³/mol. The normalized spacial score (nSPS) is 10.8. The first-order chi connectivity index (χ1) is 15.2. The molecule has 0 aliphatic heterocycles. The van der Waals surface area contributed by atoms with E-state index < -0.39 is 30.1 Å². The van der Waals surface area contributed by atoms with Crippen molar-refractivity contribution in [3.63, 3.8) is 0 Å². The fraction of sp³-hybridized carbons (Fsp3) is 0.190.